The van der Waals surface area contributed by atoms with Crippen LogP contribution in [0.5, 0.6) is 11.5 Å². The number of carboxylic acids is 1. The van der Waals surface area contributed by atoms with Crippen LogP contribution in [0.15, 0.2) is 61.2 Å². The molecule has 0 amide bonds. The van der Waals surface area contributed by atoms with Crippen LogP contribution in [0.3, 0.4) is 0 Å². The predicted molar refractivity (Wildman–Crippen MR) is 103 cm³/mol. The Morgan fingerprint density at radius 1 is 0.889 bits per heavy atom. The molecule has 2 rings (SSSR count). The first kappa shape index (κ1) is 20.2. The Balaban J connectivity index is 1.68. The molecule has 0 aliphatic heterocycles. The lowest BCUT2D eigenvalue weighted by molar-refractivity contribution is -0.137. The molecule has 0 saturated heterocycles. The largest absolute Gasteiger partial charge is 0.478 e. The third-order valence-electron chi connectivity index (χ3n) is 4.03. The van der Waals surface area contributed by atoms with E-state index in [0.717, 1.165) is 32.1 Å². The summed E-state index contributed by atoms with van der Waals surface area (Å²) >= 11 is 0. The van der Waals surface area contributed by atoms with Crippen molar-refractivity contribution >= 4 is 11.9 Å². The summed E-state index contributed by atoms with van der Waals surface area (Å²) in [5.74, 6) is -0.00502. The first-order valence-electron chi connectivity index (χ1n) is 8.98. The summed E-state index contributed by atoms with van der Waals surface area (Å²) in [4.78, 5) is 21.7. The number of aromatic carboxylic acids is 1. The van der Waals surface area contributed by atoms with Crippen LogP contribution in [0.25, 0.3) is 0 Å². The molecular weight excluding hydrogens is 344 g/mol. The van der Waals surface area contributed by atoms with Crippen molar-refractivity contribution in [1.29, 1.82) is 0 Å². The Kier molecular flexibility index (Phi) is 8.10. The molecule has 142 valence electrons. The molecule has 5 nitrogen and oxygen atoms in total. The average molecular weight is 368 g/mol. The second-order valence-electron chi connectivity index (χ2n) is 6.11. The van der Waals surface area contributed by atoms with Gasteiger partial charge in [0.25, 0.3) is 0 Å². The van der Waals surface area contributed by atoms with Crippen LogP contribution in [0.2, 0.25) is 0 Å². The van der Waals surface area contributed by atoms with Crippen LogP contribution in [0.1, 0.15) is 41.6 Å². The van der Waals surface area contributed by atoms with Crippen LogP contribution in [0, 0.1) is 0 Å². The first-order valence-corrected chi connectivity index (χ1v) is 8.98. The highest BCUT2D eigenvalue weighted by Crippen LogP contribution is 2.22. The van der Waals surface area contributed by atoms with Crippen LogP contribution < -0.4 is 4.74 Å². The molecular formula is C22H24O5. The van der Waals surface area contributed by atoms with Gasteiger partial charge in [-0.3, -0.25) is 0 Å². The number of esters is 1. The molecule has 2 aromatic rings. The molecule has 0 saturated carbocycles. The fourth-order valence-electron chi connectivity index (χ4n) is 2.54. The van der Waals surface area contributed by atoms with Crippen molar-refractivity contribution in [2.45, 2.75) is 32.1 Å². The number of hydrogen-bond acceptors (Lipinski definition) is 4. The van der Waals surface area contributed by atoms with Crippen LogP contribution in [-0.2, 0) is 16.0 Å². The van der Waals surface area contributed by atoms with E-state index in [4.69, 9.17) is 14.6 Å². The van der Waals surface area contributed by atoms with Crippen molar-refractivity contribution in [3.05, 3.63) is 72.3 Å². The van der Waals surface area contributed by atoms with Crippen molar-refractivity contribution < 1.29 is 24.2 Å². The lowest BCUT2D eigenvalue weighted by Gasteiger charge is -2.07. The van der Waals surface area contributed by atoms with Gasteiger partial charge in [0.1, 0.15) is 11.5 Å². The number of carbonyl (C=O) groups is 2. The SMILES string of the molecule is C=CC(=O)OCCCCCCc1ccc(Oc2ccc(C(=O)O)cc2)cc1. The third-order valence-corrected chi connectivity index (χ3v) is 4.03. The lowest BCUT2D eigenvalue weighted by Crippen LogP contribution is -2.01. The van der Waals surface area contributed by atoms with Crippen LogP contribution in [0.4, 0.5) is 0 Å². The molecule has 0 aromatic heterocycles. The van der Waals surface area contributed by atoms with E-state index in [1.807, 2.05) is 24.3 Å². The molecule has 2 aromatic carbocycles. The smallest absolute Gasteiger partial charge is 0.335 e. The van der Waals surface area contributed by atoms with Gasteiger partial charge in [-0.15, -0.1) is 0 Å². The molecule has 5 heteroatoms. The second-order valence-corrected chi connectivity index (χ2v) is 6.11. The number of aryl methyl sites for hydroxylation is 1. The minimum absolute atomic E-state index is 0.233. The summed E-state index contributed by atoms with van der Waals surface area (Å²) in [7, 11) is 0. The molecule has 0 atom stereocenters. The van der Waals surface area contributed by atoms with Gasteiger partial charge in [0.2, 0.25) is 0 Å². The highest BCUT2D eigenvalue weighted by atomic mass is 16.5. The minimum atomic E-state index is -0.955. The lowest BCUT2D eigenvalue weighted by atomic mass is 10.1. The van der Waals surface area contributed by atoms with Gasteiger partial charge in [-0.1, -0.05) is 31.6 Å². The zero-order valence-electron chi connectivity index (χ0n) is 15.2. The Bertz CT molecular complexity index is 747. The zero-order chi connectivity index (χ0) is 19.5. The van der Waals surface area contributed by atoms with E-state index in [9.17, 15) is 9.59 Å². The van der Waals surface area contributed by atoms with Gasteiger partial charge < -0.3 is 14.6 Å². The number of rotatable bonds is 11. The predicted octanol–water partition coefficient (Wildman–Crippen LogP) is 5.01. The molecule has 0 radical (unpaired) electrons. The van der Waals surface area contributed by atoms with E-state index in [-0.39, 0.29) is 11.5 Å². The summed E-state index contributed by atoms with van der Waals surface area (Å²) in [6, 6.07) is 14.2. The Labute approximate surface area is 159 Å². The molecule has 0 heterocycles. The molecule has 0 aliphatic carbocycles. The van der Waals surface area contributed by atoms with E-state index >= 15 is 0 Å². The van der Waals surface area contributed by atoms with Gasteiger partial charge in [0, 0.05) is 6.08 Å². The number of unbranched alkanes of at least 4 members (excludes halogenated alkanes) is 3. The van der Waals surface area contributed by atoms with Crippen LogP contribution >= 0.6 is 0 Å². The Morgan fingerprint density at radius 2 is 1.48 bits per heavy atom. The fourth-order valence-corrected chi connectivity index (χ4v) is 2.54. The summed E-state index contributed by atoms with van der Waals surface area (Å²) in [6.07, 6.45) is 6.22. The Morgan fingerprint density at radius 3 is 2.07 bits per heavy atom. The van der Waals surface area contributed by atoms with Crippen molar-refractivity contribution in [2.24, 2.45) is 0 Å². The van der Waals surface area contributed by atoms with Crippen LogP contribution in [-0.4, -0.2) is 23.7 Å². The summed E-state index contributed by atoms with van der Waals surface area (Å²) < 4.78 is 10.7. The van der Waals surface area contributed by atoms with Gasteiger partial charge in [-0.2, -0.15) is 0 Å². The molecule has 27 heavy (non-hydrogen) atoms. The van der Waals surface area contributed by atoms with Gasteiger partial charge >= 0.3 is 11.9 Å². The molecule has 0 spiro atoms. The normalized spacial score (nSPS) is 10.2. The number of carbonyl (C=O) groups excluding carboxylic acids is 1. The molecule has 0 aliphatic rings. The van der Waals surface area contributed by atoms with Gasteiger partial charge in [0.15, 0.2) is 0 Å². The fraction of sp³-hybridized carbons (Fsp3) is 0.273. The maximum absolute atomic E-state index is 10.9. The average Bonchev–Trinajstić information content (AvgIpc) is 2.68. The number of ether oxygens (including phenoxy) is 2. The summed E-state index contributed by atoms with van der Waals surface area (Å²) in [6.45, 7) is 3.81. The van der Waals surface area contributed by atoms with E-state index in [2.05, 4.69) is 6.58 Å². The monoisotopic (exact) mass is 368 g/mol. The maximum atomic E-state index is 10.9. The first-order chi connectivity index (χ1) is 13.1. The third kappa shape index (κ3) is 7.36. The zero-order valence-corrected chi connectivity index (χ0v) is 15.2. The van der Waals surface area contributed by atoms with Crippen molar-refractivity contribution in [1.82, 2.24) is 0 Å². The van der Waals surface area contributed by atoms with Gasteiger partial charge in [-0.05, 0) is 61.2 Å². The van der Waals surface area contributed by atoms with Crippen molar-refractivity contribution in [2.75, 3.05) is 6.61 Å². The van der Waals surface area contributed by atoms with Gasteiger partial charge in [-0.25, -0.2) is 9.59 Å². The molecule has 0 unspecified atom stereocenters. The van der Waals surface area contributed by atoms with Crippen molar-refractivity contribution in [3.8, 4) is 11.5 Å². The summed E-state index contributed by atoms with van der Waals surface area (Å²) in [5.41, 5.74) is 1.47. The molecule has 0 bridgehead atoms. The van der Waals surface area contributed by atoms with E-state index in [1.165, 1.54) is 23.8 Å². The number of carboxylic acid groups (broad SMARTS) is 1. The topological polar surface area (TPSA) is 72.8 Å². The van der Waals surface area contributed by atoms with E-state index < -0.39 is 5.97 Å². The van der Waals surface area contributed by atoms with E-state index in [1.54, 1.807) is 12.1 Å². The molecule has 1 N–H and O–H groups in total. The maximum Gasteiger partial charge on any atom is 0.335 e. The standard InChI is InChI=1S/C22H24O5/c1-2-21(23)26-16-6-4-3-5-7-17-8-12-19(13-9-17)27-20-14-10-18(11-15-20)22(24)25/h2,8-15H,1,3-7,16H2,(H,24,25). The number of hydrogen-bond donors (Lipinski definition) is 1. The minimum Gasteiger partial charge on any atom is -0.478 e. The number of benzene rings is 2. The second kappa shape index (κ2) is 10.8. The van der Waals surface area contributed by atoms with Gasteiger partial charge in [0.05, 0.1) is 12.2 Å². The van der Waals surface area contributed by atoms with E-state index in [0.29, 0.717) is 18.1 Å². The highest BCUT2D eigenvalue weighted by Gasteiger charge is 2.03. The Hall–Kier alpha value is -3.08. The quantitative estimate of drug-likeness (QED) is 0.343. The summed E-state index contributed by atoms with van der Waals surface area (Å²) in [5, 5.41) is 8.90. The van der Waals surface area contributed by atoms with Crippen molar-refractivity contribution in [3.63, 3.8) is 0 Å². The highest BCUT2D eigenvalue weighted by molar-refractivity contribution is 5.87. The molecule has 0 fully saturated rings.